The highest BCUT2D eigenvalue weighted by Crippen LogP contribution is 2.20. The number of nitrogens with zero attached hydrogens (tertiary/aromatic N) is 5. The van der Waals surface area contributed by atoms with E-state index < -0.39 is 6.10 Å². The molecule has 1 atom stereocenters. The van der Waals surface area contributed by atoms with Crippen molar-refractivity contribution in [3.8, 4) is 0 Å². The van der Waals surface area contributed by atoms with Crippen molar-refractivity contribution in [1.29, 1.82) is 0 Å². The molecular weight excluding hydrogens is 206 g/mol. The van der Waals surface area contributed by atoms with Crippen LogP contribution >= 0.6 is 0 Å². The molecule has 0 aliphatic heterocycles. The molecule has 0 amide bonds. The number of aromatic nitrogens is 5. The van der Waals surface area contributed by atoms with Gasteiger partial charge in [0.2, 0.25) is 0 Å². The van der Waals surface area contributed by atoms with Crippen molar-refractivity contribution >= 4 is 0 Å². The van der Waals surface area contributed by atoms with Crippen molar-refractivity contribution in [2.45, 2.75) is 19.4 Å². The van der Waals surface area contributed by atoms with Crippen LogP contribution in [0.2, 0.25) is 0 Å². The van der Waals surface area contributed by atoms with Gasteiger partial charge in [-0.3, -0.25) is 4.68 Å². The molecule has 0 bridgehead atoms. The Morgan fingerprint density at radius 2 is 2.06 bits per heavy atom. The molecule has 0 fully saturated rings. The highest BCUT2D eigenvalue weighted by atomic mass is 16.3. The van der Waals surface area contributed by atoms with E-state index in [0.717, 1.165) is 17.8 Å². The number of aliphatic hydroxyl groups excluding tert-OH is 1. The van der Waals surface area contributed by atoms with Gasteiger partial charge < -0.3 is 5.11 Å². The quantitative estimate of drug-likeness (QED) is 0.803. The summed E-state index contributed by atoms with van der Waals surface area (Å²) in [6.45, 7) is 2.03. The topological polar surface area (TPSA) is 68.8 Å². The Morgan fingerprint density at radius 1 is 1.31 bits per heavy atom. The average Bonchev–Trinajstić information content (AvgIpc) is 2.83. The Kier molecular flexibility index (Phi) is 2.74. The van der Waals surface area contributed by atoms with Crippen molar-refractivity contribution in [1.82, 2.24) is 24.8 Å². The fraction of sp³-hybridized carbons (Fsp3) is 0.500. The van der Waals surface area contributed by atoms with E-state index in [-0.39, 0.29) is 0 Å². The van der Waals surface area contributed by atoms with Crippen molar-refractivity contribution in [3.63, 3.8) is 0 Å². The maximum Gasteiger partial charge on any atom is 0.139 e. The molecule has 1 N–H and O–H groups in total. The first-order valence-electron chi connectivity index (χ1n) is 5.19. The molecule has 0 aliphatic carbocycles. The summed E-state index contributed by atoms with van der Waals surface area (Å²) in [4.78, 5) is 0. The SMILES string of the molecule is CCc1cc(C(O)c2cnnn2C)n(C)n1. The highest BCUT2D eigenvalue weighted by Gasteiger charge is 2.19. The van der Waals surface area contributed by atoms with Gasteiger partial charge in [0, 0.05) is 14.1 Å². The number of hydrogen-bond donors (Lipinski definition) is 1. The van der Waals surface area contributed by atoms with Crippen LogP contribution in [0.5, 0.6) is 0 Å². The van der Waals surface area contributed by atoms with Crippen LogP contribution in [-0.4, -0.2) is 29.9 Å². The molecule has 2 rings (SSSR count). The predicted molar refractivity (Wildman–Crippen MR) is 57.7 cm³/mol. The van der Waals surface area contributed by atoms with E-state index in [9.17, 15) is 5.11 Å². The molecule has 16 heavy (non-hydrogen) atoms. The summed E-state index contributed by atoms with van der Waals surface area (Å²) in [5, 5.41) is 22.0. The van der Waals surface area contributed by atoms with Crippen LogP contribution in [-0.2, 0) is 20.5 Å². The van der Waals surface area contributed by atoms with Crippen LogP contribution in [0.3, 0.4) is 0 Å². The van der Waals surface area contributed by atoms with Crippen molar-refractivity contribution in [2.24, 2.45) is 14.1 Å². The Labute approximate surface area is 93.5 Å². The van der Waals surface area contributed by atoms with Gasteiger partial charge in [0.05, 0.1) is 23.3 Å². The molecule has 2 aromatic heterocycles. The van der Waals surface area contributed by atoms with E-state index in [1.54, 1.807) is 22.6 Å². The maximum absolute atomic E-state index is 10.2. The van der Waals surface area contributed by atoms with Crippen molar-refractivity contribution < 1.29 is 5.11 Å². The van der Waals surface area contributed by atoms with Gasteiger partial charge in [0.25, 0.3) is 0 Å². The van der Waals surface area contributed by atoms with Gasteiger partial charge in [-0.25, -0.2) is 4.68 Å². The normalized spacial score (nSPS) is 13.0. The molecule has 0 saturated heterocycles. The number of aryl methyl sites for hydroxylation is 3. The van der Waals surface area contributed by atoms with E-state index in [1.807, 2.05) is 20.0 Å². The molecule has 0 saturated carbocycles. The Hall–Kier alpha value is -1.69. The number of rotatable bonds is 3. The molecule has 86 valence electrons. The van der Waals surface area contributed by atoms with Crippen molar-refractivity contribution in [3.05, 3.63) is 29.3 Å². The van der Waals surface area contributed by atoms with Gasteiger partial charge in [-0.05, 0) is 12.5 Å². The monoisotopic (exact) mass is 221 g/mol. The zero-order valence-electron chi connectivity index (χ0n) is 9.62. The van der Waals surface area contributed by atoms with E-state index in [0.29, 0.717) is 5.69 Å². The summed E-state index contributed by atoms with van der Waals surface area (Å²) in [5.41, 5.74) is 2.37. The lowest BCUT2D eigenvalue weighted by Gasteiger charge is -2.09. The minimum Gasteiger partial charge on any atom is -0.380 e. The molecule has 6 nitrogen and oxygen atoms in total. The van der Waals surface area contributed by atoms with E-state index in [2.05, 4.69) is 15.4 Å². The fourth-order valence-corrected chi connectivity index (χ4v) is 1.67. The summed E-state index contributed by atoms with van der Waals surface area (Å²) in [6, 6.07) is 1.90. The minimum absolute atomic E-state index is 0.658. The first kappa shape index (κ1) is 10.8. The van der Waals surface area contributed by atoms with Gasteiger partial charge in [-0.1, -0.05) is 12.1 Å². The molecule has 2 aromatic rings. The number of hydrogen-bond acceptors (Lipinski definition) is 4. The Balaban J connectivity index is 2.37. The Morgan fingerprint density at radius 3 is 2.56 bits per heavy atom. The zero-order chi connectivity index (χ0) is 11.7. The van der Waals surface area contributed by atoms with Crippen LogP contribution in [0, 0.1) is 0 Å². The lowest BCUT2D eigenvalue weighted by molar-refractivity contribution is 0.199. The minimum atomic E-state index is -0.738. The van der Waals surface area contributed by atoms with Gasteiger partial charge in [-0.2, -0.15) is 5.10 Å². The molecule has 6 heteroatoms. The van der Waals surface area contributed by atoms with E-state index >= 15 is 0 Å². The molecule has 0 aliphatic rings. The second kappa shape index (κ2) is 4.05. The Bertz CT molecular complexity index is 487. The molecule has 0 radical (unpaired) electrons. The summed E-state index contributed by atoms with van der Waals surface area (Å²) < 4.78 is 3.25. The largest absolute Gasteiger partial charge is 0.380 e. The molecule has 1 unspecified atom stereocenters. The highest BCUT2D eigenvalue weighted by molar-refractivity contribution is 5.20. The summed E-state index contributed by atoms with van der Waals surface area (Å²) in [6.07, 6.45) is 1.67. The second-order valence-electron chi connectivity index (χ2n) is 3.72. The first-order chi connectivity index (χ1) is 7.63. The van der Waals surface area contributed by atoms with E-state index in [4.69, 9.17) is 0 Å². The standard InChI is InChI=1S/C10H15N5O/c1-4-7-5-8(14(2)12-7)10(16)9-6-11-13-15(9)3/h5-6,10,16H,4H2,1-3H3. The van der Waals surface area contributed by atoms with E-state index in [1.165, 1.54) is 0 Å². The molecule has 0 aromatic carbocycles. The van der Waals surface area contributed by atoms with Gasteiger partial charge >= 0.3 is 0 Å². The smallest absolute Gasteiger partial charge is 0.139 e. The van der Waals surface area contributed by atoms with Crippen LogP contribution in [0.1, 0.15) is 30.1 Å². The number of aliphatic hydroxyl groups is 1. The maximum atomic E-state index is 10.2. The molecular formula is C10H15N5O. The van der Waals surface area contributed by atoms with Gasteiger partial charge in [0.15, 0.2) is 0 Å². The third kappa shape index (κ3) is 1.71. The third-order valence-electron chi connectivity index (χ3n) is 2.64. The third-order valence-corrected chi connectivity index (χ3v) is 2.64. The van der Waals surface area contributed by atoms with Gasteiger partial charge in [-0.15, -0.1) is 5.10 Å². The van der Waals surface area contributed by atoms with Gasteiger partial charge in [0.1, 0.15) is 6.10 Å². The first-order valence-corrected chi connectivity index (χ1v) is 5.19. The second-order valence-corrected chi connectivity index (χ2v) is 3.72. The van der Waals surface area contributed by atoms with Crippen LogP contribution < -0.4 is 0 Å². The predicted octanol–water partition coefficient (Wildman–Crippen LogP) is 0.193. The molecule has 2 heterocycles. The lowest BCUT2D eigenvalue weighted by atomic mass is 10.2. The van der Waals surface area contributed by atoms with Crippen molar-refractivity contribution in [2.75, 3.05) is 0 Å². The van der Waals surface area contributed by atoms with Crippen LogP contribution in [0.25, 0.3) is 0 Å². The molecule has 0 spiro atoms. The summed E-state index contributed by atoms with van der Waals surface area (Å²) in [5.74, 6) is 0. The van der Waals surface area contributed by atoms with Crippen LogP contribution in [0.4, 0.5) is 0 Å². The average molecular weight is 221 g/mol. The summed E-state index contributed by atoms with van der Waals surface area (Å²) >= 11 is 0. The van der Waals surface area contributed by atoms with Crippen LogP contribution in [0.15, 0.2) is 12.3 Å². The zero-order valence-corrected chi connectivity index (χ0v) is 9.62. The fourth-order valence-electron chi connectivity index (χ4n) is 1.67. The summed E-state index contributed by atoms with van der Waals surface area (Å²) in [7, 11) is 3.57. The lowest BCUT2D eigenvalue weighted by Crippen LogP contribution is -2.10.